The lowest BCUT2D eigenvalue weighted by Crippen LogP contribution is -2.26. The molecule has 0 saturated heterocycles. The maximum absolute atomic E-state index is 12.0. The fourth-order valence-corrected chi connectivity index (χ4v) is 1.65. The number of nitrogens with one attached hydrogen (secondary N) is 2. The van der Waals surface area contributed by atoms with Gasteiger partial charge in [0.2, 0.25) is 0 Å². The maximum Gasteiger partial charge on any atom is 0.270 e. The minimum atomic E-state index is -0.139. The summed E-state index contributed by atoms with van der Waals surface area (Å²) in [4.78, 5) is 22.5. The van der Waals surface area contributed by atoms with E-state index in [1.54, 1.807) is 13.0 Å². The Morgan fingerprint density at radius 1 is 1.30 bits per heavy atom. The molecule has 1 heterocycles. The summed E-state index contributed by atoms with van der Waals surface area (Å²) in [5.41, 5.74) is 0.418. The largest absolute Gasteiger partial charge is 0.369 e. The van der Waals surface area contributed by atoms with Gasteiger partial charge in [0.05, 0.1) is 0 Å². The van der Waals surface area contributed by atoms with Gasteiger partial charge in [-0.05, 0) is 27.4 Å². The highest BCUT2D eigenvalue weighted by molar-refractivity contribution is 5.92. The summed E-state index contributed by atoms with van der Waals surface area (Å²) < 4.78 is 0. The van der Waals surface area contributed by atoms with Crippen LogP contribution < -0.4 is 10.6 Å². The van der Waals surface area contributed by atoms with E-state index in [0.717, 1.165) is 25.9 Å². The molecule has 0 spiro atoms. The van der Waals surface area contributed by atoms with Gasteiger partial charge in [0.1, 0.15) is 17.3 Å². The minimum absolute atomic E-state index is 0.139. The summed E-state index contributed by atoms with van der Waals surface area (Å²) in [7, 11) is 4.03. The fourth-order valence-electron chi connectivity index (χ4n) is 1.65. The van der Waals surface area contributed by atoms with Crippen LogP contribution in [0.25, 0.3) is 0 Å². The zero-order valence-corrected chi connectivity index (χ0v) is 12.9. The Morgan fingerprint density at radius 3 is 2.70 bits per heavy atom. The molecule has 112 valence electrons. The van der Waals surface area contributed by atoms with Crippen LogP contribution in [0.15, 0.2) is 6.07 Å². The highest BCUT2D eigenvalue weighted by atomic mass is 16.1. The molecular formula is C14H25N5O. The summed E-state index contributed by atoms with van der Waals surface area (Å²) in [6, 6.07) is 1.70. The number of hydrogen-bond acceptors (Lipinski definition) is 5. The Hall–Kier alpha value is -1.69. The summed E-state index contributed by atoms with van der Waals surface area (Å²) >= 11 is 0. The Balaban J connectivity index is 2.63. The molecule has 0 fully saturated rings. The van der Waals surface area contributed by atoms with Crippen LogP contribution in [-0.2, 0) is 0 Å². The first-order valence-electron chi connectivity index (χ1n) is 7.05. The molecule has 0 saturated carbocycles. The van der Waals surface area contributed by atoms with Gasteiger partial charge in [-0.25, -0.2) is 9.97 Å². The van der Waals surface area contributed by atoms with Crippen molar-refractivity contribution in [1.29, 1.82) is 0 Å². The van der Waals surface area contributed by atoms with E-state index in [1.165, 1.54) is 0 Å². The highest BCUT2D eigenvalue weighted by Crippen LogP contribution is 2.06. The Bertz CT molecular complexity index is 434. The molecular weight excluding hydrogens is 254 g/mol. The van der Waals surface area contributed by atoms with Crippen molar-refractivity contribution in [2.75, 3.05) is 39.0 Å². The number of unbranched alkanes of at least 4 members (excludes halogenated alkanes) is 1. The van der Waals surface area contributed by atoms with Gasteiger partial charge in [0.25, 0.3) is 5.91 Å². The van der Waals surface area contributed by atoms with Crippen LogP contribution in [0, 0.1) is 6.92 Å². The standard InChI is InChI=1S/C14H25N5O/c1-5-6-7-16-14(20)12-10-13(18-11(2)17-12)15-8-9-19(3)4/h10H,5-9H2,1-4H3,(H,16,20)(H,15,17,18). The molecule has 0 aliphatic heterocycles. The van der Waals surface area contributed by atoms with Crippen molar-refractivity contribution in [2.24, 2.45) is 0 Å². The normalized spacial score (nSPS) is 10.7. The Labute approximate surface area is 121 Å². The van der Waals surface area contributed by atoms with Gasteiger partial charge >= 0.3 is 0 Å². The predicted molar refractivity (Wildman–Crippen MR) is 81.1 cm³/mol. The van der Waals surface area contributed by atoms with Gasteiger partial charge < -0.3 is 15.5 Å². The van der Waals surface area contributed by atoms with E-state index in [0.29, 0.717) is 23.9 Å². The van der Waals surface area contributed by atoms with Crippen molar-refractivity contribution in [2.45, 2.75) is 26.7 Å². The van der Waals surface area contributed by atoms with Crippen LogP contribution in [0.4, 0.5) is 5.82 Å². The monoisotopic (exact) mass is 279 g/mol. The molecule has 1 rings (SSSR count). The number of nitrogens with zero attached hydrogens (tertiary/aromatic N) is 3. The first-order valence-corrected chi connectivity index (χ1v) is 7.05. The van der Waals surface area contributed by atoms with Crippen LogP contribution in [0.2, 0.25) is 0 Å². The molecule has 0 radical (unpaired) electrons. The van der Waals surface area contributed by atoms with E-state index in [2.05, 4.69) is 32.4 Å². The molecule has 0 aromatic carbocycles. The number of carbonyl (C=O) groups excluding carboxylic acids is 1. The van der Waals surface area contributed by atoms with Crippen molar-refractivity contribution in [3.63, 3.8) is 0 Å². The van der Waals surface area contributed by atoms with Gasteiger partial charge in [0, 0.05) is 25.7 Å². The van der Waals surface area contributed by atoms with Gasteiger partial charge in [-0.3, -0.25) is 4.79 Å². The molecule has 1 aromatic heterocycles. The fraction of sp³-hybridized carbons (Fsp3) is 0.643. The van der Waals surface area contributed by atoms with E-state index in [-0.39, 0.29) is 5.91 Å². The van der Waals surface area contributed by atoms with Crippen LogP contribution in [0.5, 0.6) is 0 Å². The van der Waals surface area contributed by atoms with E-state index in [1.807, 2.05) is 14.1 Å². The molecule has 0 atom stereocenters. The minimum Gasteiger partial charge on any atom is -0.369 e. The molecule has 6 heteroatoms. The lowest BCUT2D eigenvalue weighted by Gasteiger charge is -2.12. The second kappa shape index (κ2) is 8.47. The molecule has 6 nitrogen and oxygen atoms in total. The van der Waals surface area contributed by atoms with Gasteiger partial charge in [-0.15, -0.1) is 0 Å². The molecule has 2 N–H and O–H groups in total. The Kier molecular flexibility index (Phi) is 6.93. The van der Waals surface area contributed by atoms with Crippen LogP contribution in [0.1, 0.15) is 36.1 Å². The lowest BCUT2D eigenvalue weighted by atomic mass is 10.3. The molecule has 0 aliphatic rings. The summed E-state index contributed by atoms with van der Waals surface area (Å²) in [6.45, 7) is 6.25. The van der Waals surface area contributed by atoms with Gasteiger partial charge in [-0.1, -0.05) is 13.3 Å². The van der Waals surface area contributed by atoms with Crippen LogP contribution >= 0.6 is 0 Å². The number of rotatable bonds is 8. The number of likely N-dealkylation sites (N-methyl/N-ethyl adjacent to an activating group) is 1. The first-order chi connectivity index (χ1) is 9.52. The van der Waals surface area contributed by atoms with Gasteiger partial charge in [0.15, 0.2) is 0 Å². The number of amides is 1. The molecule has 0 bridgehead atoms. The summed E-state index contributed by atoms with van der Waals surface area (Å²) in [6.07, 6.45) is 2.03. The third-order valence-electron chi connectivity index (χ3n) is 2.75. The van der Waals surface area contributed by atoms with E-state index in [4.69, 9.17) is 0 Å². The van der Waals surface area contributed by atoms with E-state index >= 15 is 0 Å². The second-order valence-electron chi connectivity index (χ2n) is 5.03. The predicted octanol–water partition coefficient (Wildman–Crippen LogP) is 1.29. The third-order valence-corrected chi connectivity index (χ3v) is 2.75. The number of aromatic nitrogens is 2. The number of hydrogen-bond donors (Lipinski definition) is 2. The van der Waals surface area contributed by atoms with Crippen molar-refractivity contribution < 1.29 is 4.79 Å². The average Bonchev–Trinajstić information content (AvgIpc) is 2.37. The summed E-state index contributed by atoms with van der Waals surface area (Å²) in [5, 5.41) is 6.07. The highest BCUT2D eigenvalue weighted by Gasteiger charge is 2.09. The third kappa shape index (κ3) is 5.97. The number of aryl methyl sites for hydroxylation is 1. The lowest BCUT2D eigenvalue weighted by molar-refractivity contribution is 0.0948. The zero-order valence-electron chi connectivity index (χ0n) is 12.9. The van der Waals surface area contributed by atoms with Crippen LogP contribution in [0.3, 0.4) is 0 Å². The number of carbonyl (C=O) groups is 1. The molecule has 1 amide bonds. The molecule has 0 aliphatic carbocycles. The maximum atomic E-state index is 12.0. The SMILES string of the molecule is CCCCNC(=O)c1cc(NCCN(C)C)nc(C)n1. The number of anilines is 1. The first kappa shape index (κ1) is 16.4. The van der Waals surface area contributed by atoms with Crippen LogP contribution in [-0.4, -0.2) is 54.5 Å². The van der Waals surface area contributed by atoms with Crippen molar-refractivity contribution in [3.8, 4) is 0 Å². The second-order valence-corrected chi connectivity index (χ2v) is 5.03. The van der Waals surface area contributed by atoms with Gasteiger partial charge in [-0.2, -0.15) is 0 Å². The van der Waals surface area contributed by atoms with E-state index < -0.39 is 0 Å². The average molecular weight is 279 g/mol. The summed E-state index contributed by atoms with van der Waals surface area (Å²) in [5.74, 6) is 1.15. The van der Waals surface area contributed by atoms with E-state index in [9.17, 15) is 4.79 Å². The molecule has 20 heavy (non-hydrogen) atoms. The smallest absolute Gasteiger partial charge is 0.270 e. The van der Waals surface area contributed by atoms with Crippen molar-refractivity contribution in [3.05, 3.63) is 17.6 Å². The van der Waals surface area contributed by atoms with Crippen molar-refractivity contribution in [1.82, 2.24) is 20.2 Å². The molecule has 1 aromatic rings. The topological polar surface area (TPSA) is 70.2 Å². The quantitative estimate of drug-likeness (QED) is 0.702. The zero-order chi connectivity index (χ0) is 15.0. The Morgan fingerprint density at radius 2 is 2.05 bits per heavy atom. The molecule has 0 unspecified atom stereocenters. The van der Waals surface area contributed by atoms with Crippen molar-refractivity contribution >= 4 is 11.7 Å².